The quantitative estimate of drug-likeness (QED) is 0.613. The summed E-state index contributed by atoms with van der Waals surface area (Å²) in [4.78, 5) is 17.7. The number of hydrogen-bond donors (Lipinski definition) is 0. The molecule has 2 atom stereocenters. The second kappa shape index (κ2) is 5.38. The molecule has 0 spiro atoms. The SMILES string of the molecule is CC1=Nc2ccccc2SC(c2cccs2)C1[N+](=O)[O-]. The van der Waals surface area contributed by atoms with Crippen LogP contribution in [0.1, 0.15) is 17.1 Å². The molecule has 0 aliphatic carbocycles. The van der Waals surface area contributed by atoms with E-state index in [1.807, 2.05) is 41.8 Å². The second-order valence-electron chi connectivity index (χ2n) is 4.50. The molecule has 0 saturated heterocycles. The van der Waals surface area contributed by atoms with E-state index in [-0.39, 0.29) is 10.2 Å². The van der Waals surface area contributed by atoms with Crippen LogP contribution in [0.2, 0.25) is 0 Å². The predicted octanol–water partition coefficient (Wildman–Crippen LogP) is 4.33. The van der Waals surface area contributed by atoms with E-state index >= 15 is 0 Å². The molecule has 0 N–H and O–H groups in total. The first-order chi connectivity index (χ1) is 9.66. The molecule has 20 heavy (non-hydrogen) atoms. The number of hydrogen-bond acceptors (Lipinski definition) is 5. The van der Waals surface area contributed by atoms with Crippen LogP contribution in [0, 0.1) is 10.1 Å². The summed E-state index contributed by atoms with van der Waals surface area (Å²) in [6, 6.07) is 10.8. The van der Waals surface area contributed by atoms with Crippen molar-refractivity contribution in [2.24, 2.45) is 4.99 Å². The van der Waals surface area contributed by atoms with Gasteiger partial charge in [0.05, 0.1) is 11.4 Å². The van der Waals surface area contributed by atoms with Gasteiger partial charge in [-0.05, 0) is 30.5 Å². The zero-order valence-corrected chi connectivity index (χ0v) is 12.4. The van der Waals surface area contributed by atoms with Gasteiger partial charge in [0.2, 0.25) is 0 Å². The monoisotopic (exact) mass is 304 g/mol. The maximum Gasteiger partial charge on any atom is 0.267 e. The Morgan fingerprint density at radius 1 is 1.25 bits per heavy atom. The van der Waals surface area contributed by atoms with E-state index in [1.165, 1.54) is 11.8 Å². The molecule has 1 aromatic carbocycles. The molecule has 2 heterocycles. The standard InChI is InChI=1S/C14H12N2O2S2/c1-9-13(16(17)18)14(12-7-4-8-19-12)20-11-6-3-2-5-10(11)15-9/h2-8,13-14H,1H3. The third-order valence-electron chi connectivity index (χ3n) is 3.18. The zero-order chi connectivity index (χ0) is 14.1. The summed E-state index contributed by atoms with van der Waals surface area (Å²) in [6.07, 6.45) is 0. The Labute approximate surface area is 124 Å². The van der Waals surface area contributed by atoms with Crippen LogP contribution in [-0.2, 0) is 0 Å². The number of fused-ring (bicyclic) bond motifs is 1. The summed E-state index contributed by atoms with van der Waals surface area (Å²) in [5.74, 6) is 0. The molecule has 3 rings (SSSR count). The van der Waals surface area contributed by atoms with Gasteiger partial charge in [0.15, 0.2) is 0 Å². The molecule has 0 bridgehead atoms. The summed E-state index contributed by atoms with van der Waals surface area (Å²) in [7, 11) is 0. The number of para-hydroxylation sites is 1. The molecule has 4 nitrogen and oxygen atoms in total. The third-order valence-corrected chi connectivity index (χ3v) is 5.65. The highest BCUT2D eigenvalue weighted by Crippen LogP contribution is 2.46. The molecule has 6 heteroatoms. The fourth-order valence-corrected chi connectivity index (χ4v) is 4.59. The van der Waals surface area contributed by atoms with Gasteiger partial charge in [-0.2, -0.15) is 0 Å². The van der Waals surface area contributed by atoms with Crippen molar-refractivity contribution >= 4 is 34.5 Å². The number of benzene rings is 1. The summed E-state index contributed by atoms with van der Waals surface area (Å²) in [6.45, 7) is 1.75. The molecule has 102 valence electrons. The summed E-state index contributed by atoms with van der Waals surface area (Å²) in [5.41, 5.74) is 1.38. The molecule has 0 fully saturated rings. The van der Waals surface area contributed by atoms with Crippen LogP contribution in [0.3, 0.4) is 0 Å². The predicted molar refractivity (Wildman–Crippen MR) is 82.9 cm³/mol. The van der Waals surface area contributed by atoms with Gasteiger partial charge in [-0.1, -0.05) is 18.2 Å². The Morgan fingerprint density at radius 2 is 2.05 bits per heavy atom. The summed E-state index contributed by atoms with van der Waals surface area (Å²) in [5, 5.41) is 13.2. The van der Waals surface area contributed by atoms with E-state index in [4.69, 9.17) is 0 Å². The number of aliphatic imine (C=N–C) groups is 1. The van der Waals surface area contributed by atoms with Crippen LogP contribution in [0.5, 0.6) is 0 Å². The Morgan fingerprint density at radius 3 is 2.75 bits per heavy atom. The van der Waals surface area contributed by atoms with Gasteiger partial charge in [0, 0.05) is 14.7 Å². The highest BCUT2D eigenvalue weighted by atomic mass is 32.2. The Balaban J connectivity index is 2.13. The number of nitro groups is 1. The van der Waals surface area contributed by atoms with Crippen LogP contribution >= 0.6 is 23.1 Å². The van der Waals surface area contributed by atoms with Gasteiger partial charge in [0.25, 0.3) is 6.04 Å². The molecule has 1 aliphatic rings. The van der Waals surface area contributed by atoms with Crippen molar-refractivity contribution < 1.29 is 4.92 Å². The Bertz CT molecular complexity index is 668. The number of thioether (sulfide) groups is 1. The molecule has 0 amide bonds. The fraction of sp³-hybridized carbons (Fsp3) is 0.214. The third kappa shape index (κ3) is 2.36. The van der Waals surface area contributed by atoms with Crippen molar-refractivity contribution in [3.05, 3.63) is 56.8 Å². The molecule has 2 aromatic rings. The molecule has 0 saturated carbocycles. The first-order valence-electron chi connectivity index (χ1n) is 6.14. The Hall–Kier alpha value is -1.66. The largest absolute Gasteiger partial charge is 0.267 e. The van der Waals surface area contributed by atoms with Gasteiger partial charge < -0.3 is 0 Å². The normalized spacial score (nSPS) is 21.8. The van der Waals surface area contributed by atoms with Gasteiger partial charge in [-0.25, -0.2) is 4.99 Å². The second-order valence-corrected chi connectivity index (χ2v) is 6.67. The maximum absolute atomic E-state index is 11.5. The molecular weight excluding hydrogens is 292 g/mol. The van der Waals surface area contributed by atoms with E-state index in [9.17, 15) is 10.1 Å². The van der Waals surface area contributed by atoms with Crippen LogP contribution in [0.25, 0.3) is 0 Å². The minimum Gasteiger partial charge on any atom is -0.264 e. The Kier molecular flexibility index (Phi) is 3.58. The van der Waals surface area contributed by atoms with Gasteiger partial charge in [-0.15, -0.1) is 23.1 Å². The first kappa shape index (κ1) is 13.3. The maximum atomic E-state index is 11.5. The van der Waals surface area contributed by atoms with Gasteiger partial charge >= 0.3 is 0 Å². The van der Waals surface area contributed by atoms with Crippen molar-refractivity contribution in [3.8, 4) is 0 Å². The lowest BCUT2D eigenvalue weighted by atomic mass is 10.1. The molecule has 1 aliphatic heterocycles. The zero-order valence-electron chi connectivity index (χ0n) is 10.7. The molecule has 2 unspecified atom stereocenters. The smallest absolute Gasteiger partial charge is 0.264 e. The van der Waals surface area contributed by atoms with Gasteiger partial charge in [-0.3, -0.25) is 10.1 Å². The van der Waals surface area contributed by atoms with Crippen LogP contribution < -0.4 is 0 Å². The summed E-state index contributed by atoms with van der Waals surface area (Å²) >= 11 is 3.09. The van der Waals surface area contributed by atoms with Crippen molar-refractivity contribution in [2.45, 2.75) is 23.1 Å². The van der Waals surface area contributed by atoms with E-state index in [2.05, 4.69) is 4.99 Å². The van der Waals surface area contributed by atoms with Crippen LogP contribution in [-0.4, -0.2) is 16.7 Å². The topological polar surface area (TPSA) is 55.5 Å². The number of thiophene rings is 1. The van der Waals surface area contributed by atoms with Crippen LogP contribution in [0.15, 0.2) is 51.7 Å². The lowest BCUT2D eigenvalue weighted by Gasteiger charge is -2.17. The average molecular weight is 304 g/mol. The number of nitrogens with zero attached hydrogens (tertiary/aromatic N) is 2. The van der Waals surface area contributed by atoms with E-state index in [0.717, 1.165) is 15.5 Å². The lowest BCUT2D eigenvalue weighted by molar-refractivity contribution is -0.502. The highest BCUT2D eigenvalue weighted by Gasteiger charge is 2.39. The minimum atomic E-state index is -0.786. The van der Waals surface area contributed by atoms with Crippen molar-refractivity contribution in [3.63, 3.8) is 0 Å². The van der Waals surface area contributed by atoms with E-state index in [0.29, 0.717) is 5.71 Å². The van der Waals surface area contributed by atoms with Gasteiger partial charge in [0.1, 0.15) is 5.25 Å². The van der Waals surface area contributed by atoms with E-state index < -0.39 is 6.04 Å². The number of rotatable bonds is 2. The van der Waals surface area contributed by atoms with Crippen molar-refractivity contribution in [1.29, 1.82) is 0 Å². The van der Waals surface area contributed by atoms with Crippen molar-refractivity contribution in [2.75, 3.05) is 0 Å². The first-order valence-corrected chi connectivity index (χ1v) is 7.90. The molecular formula is C14H12N2O2S2. The lowest BCUT2D eigenvalue weighted by Crippen LogP contribution is -2.32. The fourth-order valence-electron chi connectivity index (χ4n) is 2.26. The summed E-state index contributed by atoms with van der Waals surface area (Å²) < 4.78 is 0. The minimum absolute atomic E-state index is 0.220. The van der Waals surface area contributed by atoms with Crippen molar-refractivity contribution in [1.82, 2.24) is 0 Å². The average Bonchev–Trinajstić information content (AvgIpc) is 2.88. The highest BCUT2D eigenvalue weighted by molar-refractivity contribution is 8.00. The molecule has 1 aromatic heterocycles. The van der Waals surface area contributed by atoms with E-state index in [1.54, 1.807) is 18.3 Å². The van der Waals surface area contributed by atoms with Crippen LogP contribution in [0.4, 0.5) is 5.69 Å². The molecule has 0 radical (unpaired) electrons.